The van der Waals surface area contributed by atoms with Crippen LogP contribution in [0.3, 0.4) is 0 Å². The summed E-state index contributed by atoms with van der Waals surface area (Å²) in [4.78, 5) is 19.4. The molecule has 5 heteroatoms. The van der Waals surface area contributed by atoms with Crippen LogP contribution in [0.2, 0.25) is 0 Å². The van der Waals surface area contributed by atoms with E-state index in [9.17, 15) is 4.79 Å². The fourth-order valence-electron chi connectivity index (χ4n) is 2.52. The molecule has 0 radical (unpaired) electrons. The van der Waals surface area contributed by atoms with Crippen LogP contribution < -0.4 is 5.32 Å². The number of carbonyl (C=O) groups excluding carboxylic acids is 1. The van der Waals surface area contributed by atoms with Crippen molar-refractivity contribution in [2.75, 3.05) is 13.1 Å². The lowest BCUT2D eigenvalue weighted by molar-refractivity contribution is 0.0614. The number of urea groups is 1. The summed E-state index contributed by atoms with van der Waals surface area (Å²) < 4.78 is 0. The summed E-state index contributed by atoms with van der Waals surface area (Å²) in [7, 11) is 0. The van der Waals surface area contributed by atoms with Gasteiger partial charge in [-0.15, -0.1) is 0 Å². The van der Waals surface area contributed by atoms with Gasteiger partial charge in [0.2, 0.25) is 0 Å². The fourth-order valence-corrected chi connectivity index (χ4v) is 2.52. The molecule has 1 aromatic carbocycles. The van der Waals surface area contributed by atoms with Gasteiger partial charge in [0.05, 0.1) is 12.3 Å². The molecule has 5 nitrogen and oxygen atoms in total. The van der Waals surface area contributed by atoms with Crippen molar-refractivity contribution in [1.82, 2.24) is 10.2 Å². The van der Waals surface area contributed by atoms with Gasteiger partial charge in [-0.1, -0.05) is 29.4 Å². The average molecular weight is 303 g/mol. The van der Waals surface area contributed by atoms with Crippen molar-refractivity contribution in [1.29, 1.82) is 0 Å². The standard InChI is InChI=1S/C17H25N3O2/c1-5-20(17(21)18-12(2)3)11-14-10-16(19-22-14)15-9-7-6-8-13(15)4/h6-9,12,14H,5,10-11H2,1-4H3,(H,18,21). The predicted octanol–water partition coefficient (Wildman–Crippen LogP) is 2.93. The maximum atomic E-state index is 12.1. The highest BCUT2D eigenvalue weighted by Crippen LogP contribution is 2.20. The second kappa shape index (κ2) is 7.29. The lowest BCUT2D eigenvalue weighted by Gasteiger charge is -2.24. The Kier molecular flexibility index (Phi) is 5.41. The van der Waals surface area contributed by atoms with E-state index >= 15 is 0 Å². The molecule has 1 aliphatic rings. The molecule has 0 saturated heterocycles. The number of nitrogens with one attached hydrogen (secondary N) is 1. The summed E-state index contributed by atoms with van der Waals surface area (Å²) in [6.45, 7) is 9.15. The number of nitrogens with zero attached hydrogens (tertiary/aromatic N) is 2. The molecule has 1 atom stereocenters. The molecule has 0 saturated carbocycles. The quantitative estimate of drug-likeness (QED) is 0.909. The molecule has 1 aromatic rings. The molecule has 0 aromatic heterocycles. The Morgan fingerprint density at radius 3 is 2.82 bits per heavy atom. The molecule has 120 valence electrons. The Hall–Kier alpha value is -2.04. The number of rotatable bonds is 5. The Balaban J connectivity index is 1.94. The van der Waals surface area contributed by atoms with E-state index in [2.05, 4.69) is 29.5 Å². The van der Waals surface area contributed by atoms with Gasteiger partial charge in [-0.3, -0.25) is 0 Å². The Labute approximate surface area is 132 Å². The van der Waals surface area contributed by atoms with Gasteiger partial charge in [0, 0.05) is 24.6 Å². The number of hydrogen-bond donors (Lipinski definition) is 1. The maximum Gasteiger partial charge on any atom is 0.317 e. The van der Waals surface area contributed by atoms with Crippen molar-refractivity contribution in [3.05, 3.63) is 35.4 Å². The molecule has 1 heterocycles. The number of likely N-dealkylation sites (N-methyl/N-ethyl adjacent to an activating group) is 1. The van der Waals surface area contributed by atoms with Gasteiger partial charge in [0.15, 0.2) is 6.10 Å². The molecule has 0 bridgehead atoms. The van der Waals surface area contributed by atoms with Crippen LogP contribution in [0.1, 0.15) is 38.3 Å². The van der Waals surface area contributed by atoms with E-state index in [0.29, 0.717) is 13.1 Å². The van der Waals surface area contributed by atoms with Gasteiger partial charge in [-0.2, -0.15) is 0 Å². The van der Waals surface area contributed by atoms with Crippen molar-refractivity contribution < 1.29 is 9.63 Å². The van der Waals surface area contributed by atoms with Crippen molar-refractivity contribution in [3.63, 3.8) is 0 Å². The normalized spacial score (nSPS) is 17.1. The summed E-state index contributed by atoms with van der Waals surface area (Å²) >= 11 is 0. The molecule has 2 rings (SSSR count). The maximum absolute atomic E-state index is 12.1. The topological polar surface area (TPSA) is 53.9 Å². The zero-order chi connectivity index (χ0) is 16.1. The SMILES string of the molecule is CCN(CC1CC(c2ccccc2C)=NO1)C(=O)NC(C)C. The van der Waals surface area contributed by atoms with Crippen LogP contribution in [0, 0.1) is 6.92 Å². The van der Waals surface area contributed by atoms with Gasteiger partial charge < -0.3 is 15.1 Å². The average Bonchev–Trinajstić information content (AvgIpc) is 2.92. The van der Waals surface area contributed by atoms with Gasteiger partial charge in [0.1, 0.15) is 0 Å². The summed E-state index contributed by atoms with van der Waals surface area (Å²) in [5, 5.41) is 7.13. The summed E-state index contributed by atoms with van der Waals surface area (Å²) in [6, 6.07) is 8.23. The first-order valence-electron chi connectivity index (χ1n) is 7.85. The fraction of sp³-hybridized carbons (Fsp3) is 0.529. The van der Waals surface area contributed by atoms with Crippen LogP contribution in [0.15, 0.2) is 29.4 Å². The van der Waals surface area contributed by atoms with E-state index in [1.807, 2.05) is 32.9 Å². The van der Waals surface area contributed by atoms with E-state index < -0.39 is 0 Å². The third kappa shape index (κ3) is 4.00. The molecule has 2 amide bonds. The second-order valence-corrected chi connectivity index (χ2v) is 5.93. The molecule has 0 fully saturated rings. The monoisotopic (exact) mass is 303 g/mol. The highest BCUT2D eigenvalue weighted by molar-refractivity contribution is 6.02. The first-order chi connectivity index (χ1) is 10.5. The van der Waals surface area contributed by atoms with Crippen LogP contribution in [0.5, 0.6) is 0 Å². The number of aryl methyl sites for hydroxylation is 1. The third-order valence-corrected chi connectivity index (χ3v) is 3.69. The summed E-state index contributed by atoms with van der Waals surface area (Å²) in [6.07, 6.45) is 0.656. The van der Waals surface area contributed by atoms with Crippen LogP contribution in [-0.4, -0.2) is 41.9 Å². The van der Waals surface area contributed by atoms with Crippen molar-refractivity contribution in [2.45, 2.75) is 46.3 Å². The highest BCUT2D eigenvalue weighted by Gasteiger charge is 2.26. The van der Waals surface area contributed by atoms with E-state index in [1.165, 1.54) is 5.56 Å². The van der Waals surface area contributed by atoms with Gasteiger partial charge in [-0.25, -0.2) is 4.79 Å². The molecular formula is C17H25N3O2. The van der Waals surface area contributed by atoms with Crippen molar-refractivity contribution in [2.24, 2.45) is 5.16 Å². The zero-order valence-corrected chi connectivity index (χ0v) is 13.8. The third-order valence-electron chi connectivity index (χ3n) is 3.69. The smallest absolute Gasteiger partial charge is 0.317 e. The summed E-state index contributed by atoms with van der Waals surface area (Å²) in [5.41, 5.74) is 3.28. The van der Waals surface area contributed by atoms with Gasteiger partial charge >= 0.3 is 6.03 Å². The van der Waals surface area contributed by atoms with E-state index in [1.54, 1.807) is 4.90 Å². The first kappa shape index (κ1) is 16.3. The number of benzene rings is 1. The predicted molar refractivity (Wildman–Crippen MR) is 88.1 cm³/mol. The molecule has 1 N–H and O–H groups in total. The Morgan fingerprint density at radius 2 is 2.18 bits per heavy atom. The molecule has 22 heavy (non-hydrogen) atoms. The lowest BCUT2D eigenvalue weighted by Crippen LogP contribution is -2.45. The van der Waals surface area contributed by atoms with Gasteiger partial charge in [0.25, 0.3) is 0 Å². The minimum atomic E-state index is -0.0764. The Morgan fingerprint density at radius 1 is 1.45 bits per heavy atom. The Bertz CT molecular complexity index is 555. The molecule has 1 aliphatic heterocycles. The number of oxime groups is 1. The van der Waals surface area contributed by atoms with E-state index in [-0.39, 0.29) is 18.2 Å². The minimum absolute atomic E-state index is 0.0505. The number of amides is 2. The van der Waals surface area contributed by atoms with Crippen LogP contribution >= 0.6 is 0 Å². The second-order valence-electron chi connectivity index (χ2n) is 5.93. The minimum Gasteiger partial charge on any atom is -0.390 e. The largest absolute Gasteiger partial charge is 0.390 e. The van der Waals surface area contributed by atoms with Crippen LogP contribution in [0.25, 0.3) is 0 Å². The van der Waals surface area contributed by atoms with Crippen molar-refractivity contribution in [3.8, 4) is 0 Å². The van der Waals surface area contributed by atoms with Crippen LogP contribution in [-0.2, 0) is 4.84 Å². The summed E-state index contributed by atoms with van der Waals surface area (Å²) in [5.74, 6) is 0. The zero-order valence-electron chi connectivity index (χ0n) is 13.8. The lowest BCUT2D eigenvalue weighted by atomic mass is 10.0. The van der Waals surface area contributed by atoms with E-state index in [0.717, 1.165) is 17.7 Å². The van der Waals surface area contributed by atoms with E-state index in [4.69, 9.17) is 4.84 Å². The number of hydrogen-bond acceptors (Lipinski definition) is 3. The molecule has 0 aliphatic carbocycles. The van der Waals surface area contributed by atoms with Crippen LogP contribution in [0.4, 0.5) is 4.79 Å². The molecule has 0 spiro atoms. The first-order valence-corrected chi connectivity index (χ1v) is 7.85. The molecular weight excluding hydrogens is 278 g/mol. The highest BCUT2D eigenvalue weighted by atomic mass is 16.6. The van der Waals surface area contributed by atoms with Crippen molar-refractivity contribution >= 4 is 11.7 Å². The molecule has 1 unspecified atom stereocenters. The van der Waals surface area contributed by atoms with Gasteiger partial charge in [-0.05, 0) is 33.3 Å². The number of carbonyl (C=O) groups is 1.